The predicted octanol–water partition coefficient (Wildman–Crippen LogP) is 2.30. The van der Waals surface area contributed by atoms with E-state index in [0.717, 1.165) is 23.5 Å². The molecule has 0 saturated carbocycles. The Morgan fingerprint density at radius 3 is 2.68 bits per heavy atom. The quantitative estimate of drug-likeness (QED) is 0.789. The molecule has 0 aliphatic rings. The third kappa shape index (κ3) is 2.82. The van der Waals surface area contributed by atoms with Gasteiger partial charge in [-0.25, -0.2) is 4.98 Å². The fourth-order valence-electron chi connectivity index (χ4n) is 2.28. The summed E-state index contributed by atoms with van der Waals surface area (Å²) in [5, 5.41) is 0. The number of imidazole rings is 1. The van der Waals surface area contributed by atoms with Gasteiger partial charge in [-0.3, -0.25) is 0 Å². The second-order valence-corrected chi connectivity index (χ2v) is 5.11. The molecule has 2 aromatic heterocycles. The first kappa shape index (κ1) is 14.1. The molecule has 0 aromatic carbocycles. The molecule has 2 aromatic rings. The molecule has 0 N–H and O–H groups in total. The summed E-state index contributed by atoms with van der Waals surface area (Å²) >= 11 is 6.00. The Morgan fingerprint density at radius 1 is 1.37 bits per heavy atom. The standard InChI is InChI=1S/C13H19ClN4O/c1-9(8-17(2)3)18-11(7-14)15-10-5-6-12(19-4)16-13(10)18/h5-6,9H,7-8H2,1-4H3. The Balaban J connectivity index is 2.54. The number of hydrogen-bond acceptors (Lipinski definition) is 4. The maximum atomic E-state index is 6.00. The van der Waals surface area contributed by atoms with Crippen molar-refractivity contribution in [2.75, 3.05) is 27.7 Å². The van der Waals surface area contributed by atoms with E-state index in [1.807, 2.05) is 26.2 Å². The molecule has 1 unspecified atom stereocenters. The lowest BCUT2D eigenvalue weighted by Gasteiger charge is -2.20. The number of ether oxygens (including phenoxy) is 1. The van der Waals surface area contributed by atoms with Crippen LogP contribution in [0.1, 0.15) is 18.8 Å². The molecule has 1 atom stereocenters. The van der Waals surface area contributed by atoms with Crippen molar-refractivity contribution in [1.82, 2.24) is 19.4 Å². The van der Waals surface area contributed by atoms with Crippen molar-refractivity contribution in [3.8, 4) is 5.88 Å². The molecular formula is C13H19ClN4O. The van der Waals surface area contributed by atoms with Gasteiger partial charge >= 0.3 is 0 Å². The van der Waals surface area contributed by atoms with E-state index in [1.165, 1.54) is 0 Å². The zero-order chi connectivity index (χ0) is 14.0. The van der Waals surface area contributed by atoms with Gasteiger partial charge < -0.3 is 14.2 Å². The Bertz CT molecular complexity index is 567. The van der Waals surface area contributed by atoms with Gasteiger partial charge in [0.05, 0.1) is 13.0 Å². The average Bonchev–Trinajstić information content (AvgIpc) is 2.74. The molecule has 0 fully saturated rings. The highest BCUT2D eigenvalue weighted by Gasteiger charge is 2.17. The summed E-state index contributed by atoms with van der Waals surface area (Å²) in [4.78, 5) is 11.2. The van der Waals surface area contributed by atoms with Gasteiger partial charge in [0, 0.05) is 18.7 Å². The molecule has 5 nitrogen and oxygen atoms in total. The van der Waals surface area contributed by atoms with E-state index in [2.05, 4.69) is 26.4 Å². The minimum absolute atomic E-state index is 0.244. The van der Waals surface area contributed by atoms with Crippen LogP contribution < -0.4 is 4.74 Å². The highest BCUT2D eigenvalue weighted by Crippen LogP contribution is 2.23. The van der Waals surface area contributed by atoms with Crippen LogP contribution in [0.2, 0.25) is 0 Å². The first-order valence-corrected chi connectivity index (χ1v) is 6.72. The van der Waals surface area contributed by atoms with Gasteiger partial charge in [0.1, 0.15) is 11.3 Å². The normalized spacial score (nSPS) is 13.2. The van der Waals surface area contributed by atoms with Crippen LogP contribution in [0.25, 0.3) is 11.2 Å². The first-order valence-electron chi connectivity index (χ1n) is 6.19. The second kappa shape index (κ2) is 5.75. The van der Waals surface area contributed by atoms with E-state index in [0.29, 0.717) is 11.8 Å². The lowest BCUT2D eigenvalue weighted by molar-refractivity contribution is 0.336. The molecule has 0 amide bonds. The number of hydrogen-bond donors (Lipinski definition) is 0. The number of fused-ring (bicyclic) bond motifs is 1. The SMILES string of the molecule is COc1ccc2nc(CCl)n(C(C)CN(C)C)c2n1. The monoisotopic (exact) mass is 282 g/mol. The molecular weight excluding hydrogens is 264 g/mol. The summed E-state index contributed by atoms with van der Waals surface area (Å²) < 4.78 is 7.27. The van der Waals surface area contributed by atoms with Gasteiger partial charge in [-0.05, 0) is 27.1 Å². The molecule has 0 aliphatic carbocycles. The number of nitrogens with zero attached hydrogens (tertiary/aromatic N) is 4. The van der Waals surface area contributed by atoms with E-state index in [-0.39, 0.29) is 6.04 Å². The Labute approximate surface area is 118 Å². The third-order valence-corrected chi connectivity index (χ3v) is 3.22. The zero-order valence-electron chi connectivity index (χ0n) is 11.7. The van der Waals surface area contributed by atoms with E-state index in [9.17, 15) is 0 Å². The summed E-state index contributed by atoms with van der Waals surface area (Å²) in [6.07, 6.45) is 0. The van der Waals surface area contributed by atoms with Crippen molar-refractivity contribution in [1.29, 1.82) is 0 Å². The number of halogens is 1. The lowest BCUT2D eigenvalue weighted by Crippen LogP contribution is -2.23. The summed E-state index contributed by atoms with van der Waals surface area (Å²) in [5.74, 6) is 1.80. The smallest absolute Gasteiger partial charge is 0.215 e. The predicted molar refractivity (Wildman–Crippen MR) is 76.9 cm³/mol. The molecule has 2 heterocycles. The van der Waals surface area contributed by atoms with E-state index in [4.69, 9.17) is 16.3 Å². The number of pyridine rings is 1. The van der Waals surface area contributed by atoms with Gasteiger partial charge in [0.25, 0.3) is 0 Å². The van der Waals surface area contributed by atoms with Gasteiger partial charge in [-0.15, -0.1) is 11.6 Å². The Morgan fingerprint density at radius 2 is 2.11 bits per heavy atom. The topological polar surface area (TPSA) is 43.2 Å². The molecule has 0 radical (unpaired) electrons. The summed E-state index contributed by atoms with van der Waals surface area (Å²) in [6.45, 7) is 3.03. The van der Waals surface area contributed by atoms with Crippen LogP contribution in [0.15, 0.2) is 12.1 Å². The van der Waals surface area contributed by atoms with Crippen molar-refractivity contribution in [3.05, 3.63) is 18.0 Å². The van der Waals surface area contributed by atoms with Crippen LogP contribution >= 0.6 is 11.6 Å². The highest BCUT2D eigenvalue weighted by molar-refractivity contribution is 6.16. The van der Waals surface area contributed by atoms with Crippen molar-refractivity contribution in [2.45, 2.75) is 18.8 Å². The van der Waals surface area contributed by atoms with E-state index >= 15 is 0 Å². The Hall–Kier alpha value is -1.33. The van der Waals surface area contributed by atoms with Crippen molar-refractivity contribution in [3.63, 3.8) is 0 Å². The maximum Gasteiger partial charge on any atom is 0.215 e. The number of aromatic nitrogens is 3. The molecule has 19 heavy (non-hydrogen) atoms. The number of likely N-dealkylation sites (N-methyl/N-ethyl adjacent to an activating group) is 1. The van der Waals surface area contributed by atoms with Crippen LogP contribution in [-0.4, -0.2) is 47.2 Å². The Kier molecular flexibility index (Phi) is 4.27. The molecule has 0 spiro atoms. The molecule has 0 aliphatic heterocycles. The van der Waals surface area contributed by atoms with Crippen molar-refractivity contribution < 1.29 is 4.74 Å². The molecule has 0 saturated heterocycles. The fraction of sp³-hybridized carbons (Fsp3) is 0.538. The number of methoxy groups -OCH3 is 1. The zero-order valence-corrected chi connectivity index (χ0v) is 12.5. The maximum absolute atomic E-state index is 6.00. The van der Waals surface area contributed by atoms with E-state index < -0.39 is 0 Å². The van der Waals surface area contributed by atoms with Gasteiger partial charge in [0.2, 0.25) is 5.88 Å². The van der Waals surface area contributed by atoms with Crippen LogP contribution in [0.3, 0.4) is 0 Å². The minimum Gasteiger partial charge on any atom is -0.481 e. The van der Waals surface area contributed by atoms with Gasteiger partial charge in [0.15, 0.2) is 5.65 Å². The second-order valence-electron chi connectivity index (χ2n) is 4.84. The number of alkyl halides is 1. The lowest BCUT2D eigenvalue weighted by atomic mass is 10.3. The summed E-state index contributed by atoms with van der Waals surface area (Å²) in [5.41, 5.74) is 1.67. The summed E-state index contributed by atoms with van der Waals surface area (Å²) in [7, 11) is 5.70. The molecule has 2 rings (SSSR count). The third-order valence-electron chi connectivity index (χ3n) is 2.98. The molecule has 0 bridgehead atoms. The van der Waals surface area contributed by atoms with Crippen LogP contribution in [0.5, 0.6) is 5.88 Å². The summed E-state index contributed by atoms with van der Waals surface area (Å²) in [6, 6.07) is 3.97. The van der Waals surface area contributed by atoms with Crippen LogP contribution in [0, 0.1) is 0 Å². The molecule has 6 heteroatoms. The highest BCUT2D eigenvalue weighted by atomic mass is 35.5. The van der Waals surface area contributed by atoms with E-state index in [1.54, 1.807) is 7.11 Å². The average molecular weight is 283 g/mol. The number of rotatable bonds is 5. The van der Waals surface area contributed by atoms with Crippen LogP contribution in [0.4, 0.5) is 0 Å². The van der Waals surface area contributed by atoms with Crippen molar-refractivity contribution in [2.24, 2.45) is 0 Å². The molecule has 104 valence electrons. The first-order chi connectivity index (χ1) is 9.06. The fourth-order valence-corrected chi connectivity index (χ4v) is 2.47. The van der Waals surface area contributed by atoms with Crippen molar-refractivity contribution >= 4 is 22.8 Å². The van der Waals surface area contributed by atoms with Gasteiger partial charge in [-0.1, -0.05) is 0 Å². The van der Waals surface area contributed by atoms with Crippen LogP contribution in [-0.2, 0) is 5.88 Å². The van der Waals surface area contributed by atoms with Gasteiger partial charge in [-0.2, -0.15) is 4.98 Å². The minimum atomic E-state index is 0.244. The largest absolute Gasteiger partial charge is 0.481 e.